The van der Waals surface area contributed by atoms with Gasteiger partial charge in [0.05, 0.1) is 21.2 Å². The van der Waals surface area contributed by atoms with Gasteiger partial charge in [0.25, 0.3) is 40.5 Å². The first-order valence-corrected chi connectivity index (χ1v) is 29.1. The van der Waals surface area contributed by atoms with Gasteiger partial charge in [-0.25, -0.2) is 18.0 Å². The van der Waals surface area contributed by atoms with E-state index in [1.54, 1.807) is 6.92 Å². The molecule has 0 bridgehead atoms. The van der Waals surface area contributed by atoms with E-state index in [2.05, 4.69) is 88.8 Å². The number of amides is 4. The summed E-state index contributed by atoms with van der Waals surface area (Å²) in [6.07, 6.45) is -2.59. The topological polar surface area (TPSA) is 537 Å². The smallest absolute Gasteiger partial charge is 0.316 e. The summed E-state index contributed by atoms with van der Waals surface area (Å²) in [6, 6.07) is 9.17. The fourth-order valence-corrected chi connectivity index (χ4v) is 10.3. The van der Waals surface area contributed by atoms with Gasteiger partial charge in [-0.1, -0.05) is 6.58 Å². The van der Waals surface area contributed by atoms with Gasteiger partial charge in [0.2, 0.25) is 23.8 Å². The summed E-state index contributed by atoms with van der Waals surface area (Å²) >= 11 is 0. The van der Waals surface area contributed by atoms with Crippen molar-refractivity contribution in [3.63, 3.8) is 0 Å². The molecule has 41 heteroatoms. The average molecular weight is 1240 g/mol. The molecule has 2 aromatic heterocycles. The van der Waals surface area contributed by atoms with Crippen molar-refractivity contribution in [1.29, 1.82) is 0 Å². The van der Waals surface area contributed by atoms with Crippen molar-refractivity contribution in [1.82, 2.24) is 29.9 Å². The van der Waals surface area contributed by atoms with Gasteiger partial charge in [0.15, 0.2) is 9.84 Å². The van der Waals surface area contributed by atoms with Gasteiger partial charge in [-0.15, -0.1) is 20.5 Å². The van der Waals surface area contributed by atoms with Crippen LogP contribution >= 0.6 is 0 Å². The fraction of sp³-hybridized carbons (Fsp3) is 0.0732. The van der Waals surface area contributed by atoms with Crippen molar-refractivity contribution in [2.75, 3.05) is 38.4 Å². The van der Waals surface area contributed by atoms with E-state index in [9.17, 15) is 78.7 Å². The first kappa shape index (κ1) is 60.2. The van der Waals surface area contributed by atoms with E-state index in [0.717, 1.165) is 24.3 Å². The van der Waals surface area contributed by atoms with Crippen LogP contribution in [0.1, 0.15) is 6.92 Å². The molecule has 1 atom stereocenters. The van der Waals surface area contributed by atoms with Crippen molar-refractivity contribution < 1.29 is 78.7 Å². The number of carbonyl (C=O) groups is 2. The van der Waals surface area contributed by atoms with Crippen LogP contribution in [0.2, 0.25) is 0 Å². The van der Waals surface area contributed by atoms with E-state index in [-0.39, 0.29) is 52.6 Å². The first-order chi connectivity index (χ1) is 38.1. The Morgan fingerprint density at radius 3 is 1.51 bits per heavy atom. The zero-order valence-electron chi connectivity index (χ0n) is 40.7. The number of primary amides is 2. The summed E-state index contributed by atoms with van der Waals surface area (Å²) < 4.78 is 190. The van der Waals surface area contributed by atoms with Crippen LogP contribution in [0, 0.1) is 12.2 Å². The van der Waals surface area contributed by atoms with Crippen molar-refractivity contribution in [2.24, 2.45) is 31.9 Å². The SMILES string of the molecule is C=CS(=O)(=O)c1ccc(N=Nc2ccc(Nc3nc(F)nc(NC(C)CNc4nc(F)nc(Nc5ccc(N=Nc6cc7c(S(=O)(=O)O)cc(S(=O)(=O)O)cc7cc6S(=O)(=O)O)c(NC(N)=O)c5)n4)n3)cc2NC(N)=O)c(S(=O)(=O)O)c1. The number of benzene rings is 5. The Labute approximate surface area is 459 Å². The average Bonchev–Trinajstić information content (AvgIpc) is 3.41. The highest BCUT2D eigenvalue weighted by molar-refractivity contribution is 7.94. The molecule has 0 saturated heterocycles. The lowest BCUT2D eigenvalue weighted by molar-refractivity contribution is 0.258. The number of rotatable bonds is 21. The van der Waals surface area contributed by atoms with E-state index in [0.29, 0.717) is 35.7 Å². The van der Waals surface area contributed by atoms with Crippen LogP contribution in [0.3, 0.4) is 0 Å². The van der Waals surface area contributed by atoms with Gasteiger partial charge >= 0.3 is 24.2 Å². The number of sulfone groups is 1. The molecule has 14 N–H and O–H groups in total. The minimum absolute atomic E-state index is 0.00927. The summed E-state index contributed by atoms with van der Waals surface area (Å²) in [5.41, 5.74) is 8.60. The Balaban J connectivity index is 1.05. The van der Waals surface area contributed by atoms with Crippen molar-refractivity contribution >= 4 is 142 Å². The van der Waals surface area contributed by atoms with E-state index in [4.69, 9.17) is 11.5 Å². The molecule has 34 nitrogen and oxygen atoms in total. The third kappa shape index (κ3) is 15.2. The number of nitrogens with two attached hydrogens (primary N) is 2. The molecule has 2 heterocycles. The van der Waals surface area contributed by atoms with E-state index in [1.807, 2.05) is 0 Å². The van der Waals surface area contributed by atoms with Crippen LogP contribution in [0.15, 0.2) is 136 Å². The maximum atomic E-state index is 14.8. The Morgan fingerprint density at radius 2 is 1.01 bits per heavy atom. The summed E-state index contributed by atoms with van der Waals surface area (Å²) in [6.45, 7) is 4.58. The largest absolute Gasteiger partial charge is 0.352 e. The predicted molar refractivity (Wildman–Crippen MR) is 282 cm³/mol. The second-order valence-corrected chi connectivity index (χ2v) is 23.7. The molecule has 82 heavy (non-hydrogen) atoms. The number of hydrogen-bond acceptors (Lipinski definition) is 26. The van der Waals surface area contributed by atoms with Gasteiger partial charge in [-0.2, -0.15) is 72.4 Å². The molecule has 0 aliphatic heterocycles. The molecular formula is C41H36F2N18O16S5. The number of halogens is 2. The molecule has 0 fully saturated rings. The standard InChI is InChI=1S/C41H36F2N18O16S5/c1-3-78(64,65)22-6-9-27(33(14-22)82(75,76)77)60-58-25-7-4-21(13-28(25)50-36(44)62)49-41-55-35(43)53-39(57-41)47-18(2)17-46-38-52-34(42)54-40(56-38)48-20-5-8-26(29(12-20)51-37(45)63)59-61-30-16-24-19(11-32(30)81(72,73)74)10-23(79(66,67)68)15-31(24)80(69,70)71/h3-16,18H,1,17H2,2H3,(H3,44,50,62)(H3,45,51,63)(H,66,67,68)(H,69,70,71)(H,72,73,74)(H,75,76,77)(H2,46,48,52,54,56)(H2,47,49,53,55,57). The molecule has 7 aromatic rings. The first-order valence-electron chi connectivity index (χ1n) is 21.8. The highest BCUT2D eigenvalue weighted by Gasteiger charge is 2.26. The predicted octanol–water partition coefficient (Wildman–Crippen LogP) is 5.60. The van der Waals surface area contributed by atoms with Gasteiger partial charge in [0.1, 0.15) is 37.4 Å². The zero-order chi connectivity index (χ0) is 60.3. The number of carbonyl (C=O) groups excluding carboxylic acids is 2. The van der Waals surface area contributed by atoms with Crippen LogP contribution in [0.5, 0.6) is 0 Å². The van der Waals surface area contributed by atoms with E-state index >= 15 is 0 Å². The van der Waals surface area contributed by atoms with Gasteiger partial charge in [0, 0.05) is 34.8 Å². The Kier molecular flexibility index (Phi) is 17.1. The summed E-state index contributed by atoms with van der Waals surface area (Å²) in [5, 5.41) is 30.2. The van der Waals surface area contributed by atoms with Crippen LogP contribution < -0.4 is 43.4 Å². The summed E-state index contributed by atoms with van der Waals surface area (Å²) in [5.74, 6) is -1.52. The number of aromatic nitrogens is 6. The second kappa shape index (κ2) is 23.3. The quantitative estimate of drug-likeness (QED) is 0.0307. The molecule has 0 aliphatic carbocycles. The van der Waals surface area contributed by atoms with Gasteiger partial charge in [-0.3, -0.25) is 18.2 Å². The second-order valence-electron chi connectivity index (χ2n) is 16.2. The Hall–Kier alpha value is -9.49. The molecular weight excluding hydrogens is 1200 g/mol. The third-order valence-electron chi connectivity index (χ3n) is 10.3. The van der Waals surface area contributed by atoms with E-state index in [1.165, 1.54) is 24.3 Å². The lowest BCUT2D eigenvalue weighted by atomic mass is 10.1. The highest BCUT2D eigenvalue weighted by Crippen LogP contribution is 2.38. The minimum atomic E-state index is -5.28. The molecule has 0 aliphatic rings. The van der Waals surface area contributed by atoms with Crippen LogP contribution in [-0.2, 0) is 50.3 Å². The summed E-state index contributed by atoms with van der Waals surface area (Å²) in [4.78, 5) is 41.8. The lowest BCUT2D eigenvalue weighted by Gasteiger charge is -2.16. The zero-order valence-corrected chi connectivity index (χ0v) is 44.8. The number of azo groups is 2. The van der Waals surface area contributed by atoms with Gasteiger partial charge < -0.3 is 43.4 Å². The van der Waals surface area contributed by atoms with Crippen molar-refractivity contribution in [3.8, 4) is 0 Å². The Bertz CT molecular complexity index is 4450. The maximum absolute atomic E-state index is 14.8. The number of fused-ring (bicyclic) bond motifs is 1. The molecule has 0 saturated carbocycles. The van der Waals surface area contributed by atoms with E-state index < -0.39 is 139 Å². The van der Waals surface area contributed by atoms with Crippen molar-refractivity contribution in [2.45, 2.75) is 37.4 Å². The molecule has 0 spiro atoms. The van der Waals surface area contributed by atoms with Crippen LogP contribution in [0.25, 0.3) is 10.8 Å². The number of anilines is 8. The number of nitrogens with zero attached hydrogens (tertiary/aromatic N) is 10. The molecule has 4 amide bonds. The minimum Gasteiger partial charge on any atom is -0.352 e. The molecule has 7 rings (SSSR count). The maximum Gasteiger partial charge on any atom is 0.316 e. The van der Waals surface area contributed by atoms with Crippen molar-refractivity contribution in [3.05, 3.63) is 103 Å². The number of urea groups is 2. The monoisotopic (exact) mass is 1230 g/mol. The third-order valence-corrected chi connectivity index (χ3v) is 15.1. The normalized spacial score (nSPS) is 12.7. The molecule has 5 aromatic carbocycles. The van der Waals surface area contributed by atoms with Crippen LogP contribution in [0.4, 0.5) is 87.7 Å². The lowest BCUT2D eigenvalue weighted by Crippen LogP contribution is -2.27. The highest BCUT2D eigenvalue weighted by atomic mass is 32.2. The fourth-order valence-electron chi connectivity index (χ4n) is 6.84. The molecule has 1 unspecified atom stereocenters. The van der Waals surface area contributed by atoms with Crippen LogP contribution in [-0.4, -0.2) is 115 Å². The number of nitrogens with one attached hydrogen (secondary N) is 6. The molecule has 430 valence electrons. The number of hydrogen-bond donors (Lipinski definition) is 12. The van der Waals surface area contributed by atoms with Gasteiger partial charge in [-0.05, 0) is 91.2 Å². The Morgan fingerprint density at radius 1 is 0.561 bits per heavy atom. The summed E-state index contributed by atoms with van der Waals surface area (Å²) in [7, 11) is -24.9. The molecule has 0 radical (unpaired) electrons.